The third-order valence-corrected chi connectivity index (χ3v) is 4.02. The first-order valence-corrected chi connectivity index (χ1v) is 7.00. The number of nitrogens with one attached hydrogen (secondary N) is 1. The fourth-order valence-corrected chi connectivity index (χ4v) is 2.76. The highest BCUT2D eigenvalue weighted by atomic mass is 35.5. The lowest BCUT2D eigenvalue weighted by Gasteiger charge is -2.20. The fraction of sp³-hybridized carbons (Fsp3) is 0.188. The maximum absolute atomic E-state index is 14.2. The molecule has 1 aliphatic rings. The van der Waals surface area contributed by atoms with Crippen molar-refractivity contribution in [1.82, 2.24) is 0 Å². The predicted octanol–water partition coefficient (Wildman–Crippen LogP) is 4.18. The van der Waals surface area contributed by atoms with Crippen LogP contribution in [0, 0.1) is 11.6 Å². The van der Waals surface area contributed by atoms with Gasteiger partial charge in [-0.25, -0.2) is 8.78 Å². The average molecular weight is 308 g/mol. The summed E-state index contributed by atoms with van der Waals surface area (Å²) in [5.74, 6) is -1.05. The van der Waals surface area contributed by atoms with Crippen LogP contribution in [-0.2, 0) is 11.2 Å². The number of amides is 1. The molecule has 0 bridgehead atoms. The van der Waals surface area contributed by atoms with Gasteiger partial charge in [-0.05, 0) is 41.8 Å². The van der Waals surface area contributed by atoms with E-state index in [2.05, 4.69) is 5.32 Å². The van der Waals surface area contributed by atoms with E-state index in [-0.39, 0.29) is 11.5 Å². The monoisotopic (exact) mass is 307 g/mol. The third kappa shape index (κ3) is 2.76. The zero-order valence-electron chi connectivity index (χ0n) is 11.0. The summed E-state index contributed by atoms with van der Waals surface area (Å²) < 4.78 is 27.5. The molecule has 0 spiro atoms. The molecule has 1 amide bonds. The van der Waals surface area contributed by atoms with Gasteiger partial charge in [-0.2, -0.15) is 0 Å². The van der Waals surface area contributed by atoms with Crippen molar-refractivity contribution in [1.29, 1.82) is 0 Å². The second-order valence-electron chi connectivity index (χ2n) is 5.00. The van der Waals surface area contributed by atoms with Crippen LogP contribution in [0.4, 0.5) is 14.5 Å². The zero-order chi connectivity index (χ0) is 15.0. The van der Waals surface area contributed by atoms with Gasteiger partial charge in [0.1, 0.15) is 11.6 Å². The molecule has 0 radical (unpaired) electrons. The van der Waals surface area contributed by atoms with Crippen LogP contribution >= 0.6 is 11.6 Å². The summed E-state index contributed by atoms with van der Waals surface area (Å²) in [7, 11) is 0. The molecule has 0 fully saturated rings. The Kier molecular flexibility index (Phi) is 3.64. The molecule has 5 heteroatoms. The molecule has 108 valence electrons. The van der Waals surface area contributed by atoms with Crippen molar-refractivity contribution in [3.63, 3.8) is 0 Å². The number of hydrogen-bond donors (Lipinski definition) is 1. The van der Waals surface area contributed by atoms with Crippen molar-refractivity contribution in [3.05, 3.63) is 64.7 Å². The van der Waals surface area contributed by atoms with Crippen LogP contribution in [0.3, 0.4) is 0 Å². The van der Waals surface area contributed by atoms with E-state index in [0.717, 1.165) is 5.56 Å². The molecule has 1 aliphatic heterocycles. The number of alkyl halides is 1. The van der Waals surface area contributed by atoms with Gasteiger partial charge in [-0.3, -0.25) is 4.79 Å². The molecular formula is C16H12ClF2NO. The minimum atomic E-state index is -0.774. The molecule has 0 aromatic heterocycles. The van der Waals surface area contributed by atoms with Crippen LogP contribution in [-0.4, -0.2) is 5.91 Å². The molecule has 0 saturated heterocycles. The largest absolute Gasteiger partial charge is 0.326 e. The van der Waals surface area contributed by atoms with Crippen LogP contribution in [0.1, 0.15) is 28.5 Å². The molecule has 1 heterocycles. The molecule has 0 saturated carbocycles. The minimum Gasteiger partial charge on any atom is -0.326 e. The van der Waals surface area contributed by atoms with Crippen molar-refractivity contribution in [2.75, 3.05) is 5.32 Å². The molecule has 2 nitrogen and oxygen atoms in total. The Labute approximate surface area is 125 Å². The predicted molar refractivity (Wildman–Crippen MR) is 77.4 cm³/mol. The number of carbonyl (C=O) groups excluding carboxylic acids is 1. The molecule has 3 rings (SSSR count). The van der Waals surface area contributed by atoms with Crippen molar-refractivity contribution in [2.24, 2.45) is 0 Å². The lowest BCUT2D eigenvalue weighted by atomic mass is 9.96. The van der Waals surface area contributed by atoms with E-state index in [1.807, 2.05) is 0 Å². The molecule has 2 aromatic rings. The van der Waals surface area contributed by atoms with Crippen LogP contribution in [0.25, 0.3) is 0 Å². The lowest BCUT2D eigenvalue weighted by molar-refractivity contribution is -0.116. The second kappa shape index (κ2) is 5.45. The maximum Gasteiger partial charge on any atom is 0.224 e. The van der Waals surface area contributed by atoms with Gasteiger partial charge < -0.3 is 5.32 Å². The second-order valence-corrected chi connectivity index (χ2v) is 5.43. The number of halogens is 3. The summed E-state index contributed by atoms with van der Waals surface area (Å²) in [6.45, 7) is 0. The Morgan fingerprint density at radius 2 is 1.95 bits per heavy atom. The number of carbonyl (C=O) groups is 1. The number of benzene rings is 2. The Morgan fingerprint density at radius 3 is 2.71 bits per heavy atom. The lowest BCUT2D eigenvalue weighted by Crippen LogP contribution is -2.19. The summed E-state index contributed by atoms with van der Waals surface area (Å²) in [5, 5.41) is 1.86. The molecule has 21 heavy (non-hydrogen) atoms. The number of fused-ring (bicyclic) bond motifs is 1. The normalized spacial score (nSPS) is 15.3. The number of hydrogen-bond acceptors (Lipinski definition) is 1. The van der Waals surface area contributed by atoms with E-state index in [1.54, 1.807) is 12.1 Å². The van der Waals surface area contributed by atoms with E-state index in [9.17, 15) is 13.6 Å². The topological polar surface area (TPSA) is 29.1 Å². The zero-order valence-corrected chi connectivity index (χ0v) is 11.8. The maximum atomic E-state index is 14.2. The van der Waals surface area contributed by atoms with Crippen LogP contribution in [0.15, 0.2) is 36.4 Å². The van der Waals surface area contributed by atoms with Gasteiger partial charge in [0.15, 0.2) is 0 Å². The molecule has 2 aromatic carbocycles. The van der Waals surface area contributed by atoms with Gasteiger partial charge in [0.2, 0.25) is 5.91 Å². The average Bonchev–Trinajstić information content (AvgIpc) is 2.45. The van der Waals surface area contributed by atoms with Crippen molar-refractivity contribution < 1.29 is 13.6 Å². The van der Waals surface area contributed by atoms with Crippen LogP contribution in [0.2, 0.25) is 0 Å². The summed E-state index contributed by atoms with van der Waals surface area (Å²) in [4.78, 5) is 11.3. The van der Waals surface area contributed by atoms with E-state index < -0.39 is 17.0 Å². The fourth-order valence-electron chi connectivity index (χ4n) is 2.46. The number of anilines is 1. The molecule has 1 unspecified atom stereocenters. The standard InChI is InChI=1S/C16H12ClF2NO/c17-16(10-2-1-3-11(18)6-10)12-7-9-4-5-15(21)20-14(9)8-13(12)19/h1-3,6-8,16H,4-5H2,(H,20,21). The molecular weight excluding hydrogens is 296 g/mol. The SMILES string of the molecule is O=C1CCc2cc(C(Cl)c3cccc(F)c3)c(F)cc2N1. The van der Waals surface area contributed by atoms with E-state index in [4.69, 9.17) is 11.6 Å². The third-order valence-electron chi connectivity index (χ3n) is 3.53. The van der Waals surface area contributed by atoms with E-state index in [1.165, 1.54) is 24.3 Å². The van der Waals surface area contributed by atoms with Crippen molar-refractivity contribution in [3.8, 4) is 0 Å². The Morgan fingerprint density at radius 1 is 1.14 bits per heavy atom. The molecule has 1 atom stereocenters. The quantitative estimate of drug-likeness (QED) is 0.829. The highest BCUT2D eigenvalue weighted by molar-refractivity contribution is 6.22. The first-order chi connectivity index (χ1) is 10.0. The van der Waals surface area contributed by atoms with E-state index >= 15 is 0 Å². The van der Waals surface area contributed by atoms with Gasteiger partial charge in [0.25, 0.3) is 0 Å². The molecule has 0 aliphatic carbocycles. The van der Waals surface area contributed by atoms with Gasteiger partial charge in [0, 0.05) is 17.7 Å². The van der Waals surface area contributed by atoms with E-state index in [0.29, 0.717) is 24.1 Å². The number of rotatable bonds is 2. The highest BCUT2D eigenvalue weighted by Crippen LogP contribution is 2.35. The van der Waals surface area contributed by atoms with Gasteiger partial charge in [-0.15, -0.1) is 11.6 Å². The highest BCUT2D eigenvalue weighted by Gasteiger charge is 2.22. The van der Waals surface area contributed by atoms with Crippen molar-refractivity contribution in [2.45, 2.75) is 18.2 Å². The summed E-state index contributed by atoms with van der Waals surface area (Å²) in [6.07, 6.45) is 0.909. The van der Waals surface area contributed by atoms with Crippen LogP contribution in [0.5, 0.6) is 0 Å². The van der Waals surface area contributed by atoms with Crippen LogP contribution < -0.4 is 5.32 Å². The Bertz CT molecular complexity index is 717. The summed E-state index contributed by atoms with van der Waals surface area (Å²) >= 11 is 6.29. The Hall–Kier alpha value is -1.94. The first kappa shape index (κ1) is 14.0. The van der Waals surface area contributed by atoms with Gasteiger partial charge >= 0.3 is 0 Å². The summed E-state index contributed by atoms with van der Waals surface area (Å²) in [6, 6.07) is 8.71. The first-order valence-electron chi connectivity index (χ1n) is 6.56. The minimum absolute atomic E-state index is 0.123. The van der Waals surface area contributed by atoms with Gasteiger partial charge in [0.05, 0.1) is 5.38 Å². The smallest absolute Gasteiger partial charge is 0.224 e. The summed E-state index contributed by atoms with van der Waals surface area (Å²) in [5.41, 5.74) is 2.11. The molecule has 1 N–H and O–H groups in total. The Balaban J connectivity index is 2.01. The van der Waals surface area contributed by atoms with Crippen molar-refractivity contribution >= 4 is 23.2 Å². The van der Waals surface area contributed by atoms with Gasteiger partial charge in [-0.1, -0.05) is 12.1 Å². The number of aryl methyl sites for hydroxylation is 1.